The highest BCUT2D eigenvalue weighted by Gasteiger charge is 2.15. The number of likely N-dealkylation sites (N-methyl/N-ethyl adjacent to an activating group) is 1. The van der Waals surface area contributed by atoms with Crippen LogP contribution in [0, 0.1) is 13.8 Å². The largest absolute Gasteiger partial charge is 0.394 e. The smallest absolute Gasteiger partial charge is 0.321 e. The maximum atomic E-state index is 12.1. The molecule has 22 heavy (non-hydrogen) atoms. The quantitative estimate of drug-likeness (QED) is 0.910. The van der Waals surface area contributed by atoms with Crippen LogP contribution in [0.25, 0.3) is 5.69 Å². The first-order valence-corrected chi connectivity index (χ1v) is 7.20. The van der Waals surface area contributed by atoms with Crippen molar-refractivity contribution >= 4 is 11.7 Å². The van der Waals surface area contributed by atoms with Crippen molar-refractivity contribution < 1.29 is 9.90 Å². The molecule has 0 saturated carbocycles. The first-order valence-electron chi connectivity index (χ1n) is 7.20. The van der Waals surface area contributed by atoms with Crippen LogP contribution < -0.4 is 5.32 Å². The van der Waals surface area contributed by atoms with Gasteiger partial charge in [0.05, 0.1) is 24.0 Å². The number of aliphatic hydroxyl groups is 1. The van der Waals surface area contributed by atoms with Gasteiger partial charge in [-0.05, 0) is 45.0 Å². The number of rotatable bonds is 4. The monoisotopic (exact) mass is 302 g/mol. The first-order chi connectivity index (χ1) is 10.4. The zero-order valence-corrected chi connectivity index (χ0v) is 13.4. The van der Waals surface area contributed by atoms with Gasteiger partial charge in [-0.2, -0.15) is 5.10 Å². The standard InChI is InChI=1S/C16H22N4O2/c1-11-8-12(2)20(18-11)15-7-5-6-14(9-15)17-16(22)19(4)13(3)10-21/h5-9,13,21H,10H2,1-4H3,(H,17,22). The molecule has 1 aromatic heterocycles. The summed E-state index contributed by atoms with van der Waals surface area (Å²) in [4.78, 5) is 13.6. The van der Waals surface area contributed by atoms with E-state index in [1.54, 1.807) is 14.0 Å². The highest BCUT2D eigenvalue weighted by atomic mass is 16.3. The normalized spacial score (nSPS) is 12.0. The lowest BCUT2D eigenvalue weighted by Crippen LogP contribution is -2.40. The van der Waals surface area contributed by atoms with Crippen LogP contribution in [0.4, 0.5) is 10.5 Å². The van der Waals surface area contributed by atoms with Crippen molar-refractivity contribution in [1.29, 1.82) is 0 Å². The van der Waals surface area contributed by atoms with Gasteiger partial charge in [0, 0.05) is 18.4 Å². The van der Waals surface area contributed by atoms with E-state index in [1.165, 1.54) is 4.90 Å². The fraction of sp³-hybridized carbons (Fsp3) is 0.375. The van der Waals surface area contributed by atoms with Crippen LogP contribution in [0.15, 0.2) is 30.3 Å². The Labute approximate surface area is 130 Å². The van der Waals surface area contributed by atoms with E-state index in [-0.39, 0.29) is 18.7 Å². The third-order valence-electron chi connectivity index (χ3n) is 3.60. The molecule has 1 aromatic carbocycles. The van der Waals surface area contributed by atoms with E-state index in [2.05, 4.69) is 10.4 Å². The third-order valence-corrected chi connectivity index (χ3v) is 3.60. The highest BCUT2D eigenvalue weighted by Crippen LogP contribution is 2.17. The molecule has 6 nitrogen and oxygen atoms in total. The summed E-state index contributed by atoms with van der Waals surface area (Å²) >= 11 is 0. The molecule has 1 atom stereocenters. The molecule has 0 spiro atoms. The minimum atomic E-state index is -0.257. The minimum absolute atomic E-state index is 0.0737. The van der Waals surface area contributed by atoms with Gasteiger partial charge in [0.1, 0.15) is 0 Å². The zero-order valence-electron chi connectivity index (χ0n) is 13.4. The SMILES string of the molecule is Cc1cc(C)n(-c2cccc(NC(=O)N(C)C(C)CO)c2)n1. The Morgan fingerprint density at radius 1 is 1.41 bits per heavy atom. The van der Waals surface area contributed by atoms with Gasteiger partial charge in [-0.1, -0.05) is 6.07 Å². The van der Waals surface area contributed by atoms with Crippen molar-refractivity contribution in [2.45, 2.75) is 26.8 Å². The lowest BCUT2D eigenvalue weighted by Gasteiger charge is -2.23. The number of nitrogens with one attached hydrogen (secondary N) is 1. The van der Waals surface area contributed by atoms with E-state index in [0.717, 1.165) is 17.1 Å². The molecule has 1 unspecified atom stereocenters. The molecule has 0 saturated heterocycles. The van der Waals surface area contributed by atoms with Gasteiger partial charge in [-0.25, -0.2) is 9.48 Å². The molecule has 0 bridgehead atoms. The number of aromatic nitrogens is 2. The molecule has 0 aliphatic rings. The second kappa shape index (κ2) is 6.62. The maximum absolute atomic E-state index is 12.1. The predicted octanol–water partition coefficient (Wildman–Crippen LogP) is 2.33. The van der Waals surface area contributed by atoms with Crippen molar-refractivity contribution in [2.75, 3.05) is 19.0 Å². The predicted molar refractivity (Wildman–Crippen MR) is 86.4 cm³/mol. The van der Waals surface area contributed by atoms with E-state index < -0.39 is 0 Å². The summed E-state index contributed by atoms with van der Waals surface area (Å²) in [5, 5.41) is 16.4. The van der Waals surface area contributed by atoms with Crippen LogP contribution in [0.2, 0.25) is 0 Å². The van der Waals surface area contributed by atoms with E-state index >= 15 is 0 Å². The summed E-state index contributed by atoms with van der Waals surface area (Å²) in [7, 11) is 1.65. The summed E-state index contributed by atoms with van der Waals surface area (Å²) in [5.74, 6) is 0. The molecule has 2 amide bonds. The first kappa shape index (κ1) is 16.0. The second-order valence-corrected chi connectivity index (χ2v) is 5.46. The number of aliphatic hydroxyl groups excluding tert-OH is 1. The fourth-order valence-electron chi connectivity index (χ4n) is 2.14. The number of aryl methyl sites for hydroxylation is 2. The van der Waals surface area contributed by atoms with Crippen molar-refractivity contribution in [2.24, 2.45) is 0 Å². The van der Waals surface area contributed by atoms with E-state index in [9.17, 15) is 4.79 Å². The van der Waals surface area contributed by atoms with Crippen molar-refractivity contribution in [1.82, 2.24) is 14.7 Å². The molecule has 0 radical (unpaired) electrons. The molecule has 0 aliphatic heterocycles. The summed E-state index contributed by atoms with van der Waals surface area (Å²) in [6, 6.07) is 9.01. The van der Waals surface area contributed by atoms with Crippen LogP contribution in [-0.2, 0) is 0 Å². The van der Waals surface area contributed by atoms with E-state index in [1.807, 2.05) is 48.9 Å². The van der Waals surface area contributed by atoms with E-state index in [4.69, 9.17) is 5.11 Å². The summed E-state index contributed by atoms with van der Waals surface area (Å²) in [5.41, 5.74) is 3.56. The molecule has 0 aliphatic carbocycles. The Morgan fingerprint density at radius 3 is 2.73 bits per heavy atom. The van der Waals surface area contributed by atoms with Gasteiger partial charge in [0.2, 0.25) is 0 Å². The van der Waals surface area contributed by atoms with Crippen LogP contribution in [0.3, 0.4) is 0 Å². The number of anilines is 1. The van der Waals surface area contributed by atoms with Crippen molar-refractivity contribution in [3.05, 3.63) is 41.7 Å². The Kier molecular flexibility index (Phi) is 4.82. The van der Waals surface area contributed by atoms with Gasteiger partial charge >= 0.3 is 6.03 Å². The Balaban J connectivity index is 2.19. The summed E-state index contributed by atoms with van der Waals surface area (Å²) in [6.45, 7) is 5.64. The molecular weight excluding hydrogens is 280 g/mol. The van der Waals surface area contributed by atoms with Crippen LogP contribution in [-0.4, -0.2) is 45.5 Å². The zero-order chi connectivity index (χ0) is 16.3. The molecule has 6 heteroatoms. The number of hydrogen-bond acceptors (Lipinski definition) is 3. The number of urea groups is 1. The van der Waals surface area contributed by atoms with Gasteiger partial charge in [-0.3, -0.25) is 0 Å². The molecule has 2 aromatic rings. The minimum Gasteiger partial charge on any atom is -0.394 e. The number of amides is 2. The van der Waals surface area contributed by atoms with Crippen LogP contribution in [0.1, 0.15) is 18.3 Å². The average Bonchev–Trinajstić information content (AvgIpc) is 2.84. The Hall–Kier alpha value is -2.34. The topological polar surface area (TPSA) is 70.4 Å². The molecular formula is C16H22N4O2. The number of benzene rings is 1. The molecule has 1 heterocycles. The lowest BCUT2D eigenvalue weighted by molar-refractivity contribution is 0.166. The Morgan fingerprint density at radius 2 is 2.14 bits per heavy atom. The summed E-state index contributed by atoms with van der Waals surface area (Å²) in [6.07, 6.45) is 0. The molecule has 2 N–H and O–H groups in total. The van der Waals surface area contributed by atoms with Gasteiger partial charge in [0.15, 0.2) is 0 Å². The van der Waals surface area contributed by atoms with Crippen molar-refractivity contribution in [3.8, 4) is 5.69 Å². The van der Waals surface area contributed by atoms with Gasteiger partial charge in [-0.15, -0.1) is 0 Å². The number of carbonyl (C=O) groups is 1. The Bertz CT molecular complexity index is 666. The van der Waals surface area contributed by atoms with E-state index in [0.29, 0.717) is 5.69 Å². The third kappa shape index (κ3) is 3.46. The van der Waals surface area contributed by atoms with Crippen molar-refractivity contribution in [3.63, 3.8) is 0 Å². The lowest BCUT2D eigenvalue weighted by atomic mass is 10.2. The summed E-state index contributed by atoms with van der Waals surface area (Å²) < 4.78 is 1.84. The second-order valence-electron chi connectivity index (χ2n) is 5.46. The average molecular weight is 302 g/mol. The van der Waals surface area contributed by atoms with Gasteiger partial charge in [0.25, 0.3) is 0 Å². The highest BCUT2D eigenvalue weighted by molar-refractivity contribution is 5.89. The van der Waals surface area contributed by atoms with Crippen LogP contribution >= 0.6 is 0 Å². The fourth-order valence-corrected chi connectivity index (χ4v) is 2.14. The molecule has 118 valence electrons. The maximum Gasteiger partial charge on any atom is 0.321 e. The molecule has 0 fully saturated rings. The number of hydrogen-bond donors (Lipinski definition) is 2. The molecule has 2 rings (SSSR count). The number of nitrogens with zero attached hydrogens (tertiary/aromatic N) is 3. The van der Waals surface area contributed by atoms with Gasteiger partial charge < -0.3 is 15.3 Å². The number of carbonyl (C=O) groups excluding carboxylic acids is 1. The van der Waals surface area contributed by atoms with Crippen LogP contribution in [0.5, 0.6) is 0 Å².